The molecule has 1 aliphatic carbocycles. The van der Waals surface area contributed by atoms with Gasteiger partial charge >= 0.3 is 6.09 Å². The second-order valence-corrected chi connectivity index (χ2v) is 8.23. The molecule has 3 rings (SSSR count). The molecule has 1 atom stereocenters. The van der Waals surface area contributed by atoms with Gasteiger partial charge in [-0.25, -0.2) is 4.79 Å². The van der Waals surface area contributed by atoms with Gasteiger partial charge in [0.05, 0.1) is 0 Å². The predicted octanol–water partition coefficient (Wildman–Crippen LogP) is 1.99. The first-order valence-electron chi connectivity index (χ1n) is 7.52. The summed E-state index contributed by atoms with van der Waals surface area (Å²) in [5.41, 5.74) is -2.44. The standard InChI is InChI=1S/C15H26N2O3/c1-12(2)8-15(9-13(3,4)16-12)14(5,19)17(10-6-7-10)11(18)20-15/h10,16,19H,6-9H2,1-5H3/t14-/m0/s1. The second kappa shape index (κ2) is 3.69. The first-order chi connectivity index (χ1) is 8.98. The van der Waals surface area contributed by atoms with Crippen molar-refractivity contribution in [3.05, 3.63) is 0 Å². The average Bonchev–Trinajstić information content (AvgIpc) is 2.92. The summed E-state index contributed by atoms with van der Waals surface area (Å²) in [6.45, 7) is 10.1. The molecule has 1 spiro atoms. The van der Waals surface area contributed by atoms with E-state index in [9.17, 15) is 9.90 Å². The van der Waals surface area contributed by atoms with E-state index in [0.29, 0.717) is 12.8 Å². The summed E-state index contributed by atoms with van der Waals surface area (Å²) in [4.78, 5) is 13.9. The van der Waals surface area contributed by atoms with Crippen molar-refractivity contribution >= 4 is 6.09 Å². The fourth-order valence-electron chi connectivity index (χ4n) is 4.45. The number of ether oxygens (including phenoxy) is 1. The van der Waals surface area contributed by atoms with E-state index in [-0.39, 0.29) is 23.2 Å². The highest BCUT2D eigenvalue weighted by atomic mass is 16.6. The monoisotopic (exact) mass is 282 g/mol. The number of amides is 1. The molecule has 2 heterocycles. The Labute approximate surface area is 120 Å². The highest BCUT2D eigenvalue weighted by Crippen LogP contribution is 2.52. The Morgan fingerprint density at radius 3 is 2.10 bits per heavy atom. The molecule has 3 aliphatic rings. The summed E-state index contributed by atoms with van der Waals surface area (Å²) in [7, 11) is 0. The van der Waals surface area contributed by atoms with Crippen LogP contribution in [-0.2, 0) is 4.74 Å². The molecule has 2 N–H and O–H groups in total. The molecule has 1 saturated carbocycles. The summed E-state index contributed by atoms with van der Waals surface area (Å²) in [5.74, 6) is 0. The van der Waals surface area contributed by atoms with Crippen LogP contribution in [0.4, 0.5) is 4.79 Å². The van der Waals surface area contributed by atoms with Crippen LogP contribution in [0.25, 0.3) is 0 Å². The summed E-state index contributed by atoms with van der Waals surface area (Å²) in [6, 6.07) is 0.151. The van der Waals surface area contributed by atoms with E-state index >= 15 is 0 Å². The molecule has 0 bridgehead atoms. The van der Waals surface area contributed by atoms with Gasteiger partial charge in [-0.1, -0.05) is 0 Å². The van der Waals surface area contributed by atoms with E-state index < -0.39 is 11.3 Å². The topological polar surface area (TPSA) is 61.8 Å². The van der Waals surface area contributed by atoms with Crippen LogP contribution in [0.3, 0.4) is 0 Å². The normalized spacial score (nSPS) is 38.1. The van der Waals surface area contributed by atoms with Crippen LogP contribution in [0.5, 0.6) is 0 Å². The van der Waals surface area contributed by atoms with E-state index in [1.807, 2.05) is 0 Å². The van der Waals surface area contributed by atoms with Crippen LogP contribution in [0, 0.1) is 0 Å². The van der Waals surface area contributed by atoms with Gasteiger partial charge in [0.1, 0.15) is 0 Å². The maximum atomic E-state index is 12.3. The number of hydrogen-bond donors (Lipinski definition) is 2. The number of aliphatic hydroxyl groups is 1. The van der Waals surface area contributed by atoms with Gasteiger partial charge in [0.2, 0.25) is 0 Å². The fourth-order valence-corrected chi connectivity index (χ4v) is 4.45. The van der Waals surface area contributed by atoms with Gasteiger partial charge in [-0.15, -0.1) is 0 Å². The Balaban J connectivity index is 2.00. The molecule has 5 heteroatoms. The molecule has 3 fully saturated rings. The zero-order valence-corrected chi connectivity index (χ0v) is 13.1. The lowest BCUT2D eigenvalue weighted by Gasteiger charge is -2.54. The van der Waals surface area contributed by atoms with E-state index in [2.05, 4.69) is 33.0 Å². The Bertz CT molecular complexity index is 436. The maximum Gasteiger partial charge on any atom is 0.413 e. The number of nitrogens with zero attached hydrogens (tertiary/aromatic N) is 1. The smallest absolute Gasteiger partial charge is 0.413 e. The molecule has 0 aromatic rings. The zero-order chi connectivity index (χ0) is 15.0. The predicted molar refractivity (Wildman–Crippen MR) is 75.2 cm³/mol. The van der Waals surface area contributed by atoms with E-state index in [1.165, 1.54) is 0 Å². The number of hydrogen-bond acceptors (Lipinski definition) is 4. The third kappa shape index (κ3) is 1.94. The van der Waals surface area contributed by atoms with Crippen molar-refractivity contribution < 1.29 is 14.6 Å². The van der Waals surface area contributed by atoms with Crippen LogP contribution in [0.15, 0.2) is 0 Å². The molecular formula is C15H26N2O3. The molecule has 0 aromatic carbocycles. The Kier molecular flexibility index (Phi) is 2.61. The Morgan fingerprint density at radius 2 is 1.65 bits per heavy atom. The summed E-state index contributed by atoms with van der Waals surface area (Å²) in [6.07, 6.45) is 2.81. The summed E-state index contributed by atoms with van der Waals surface area (Å²) in [5, 5.41) is 14.7. The van der Waals surface area contributed by atoms with Crippen LogP contribution in [-0.4, -0.2) is 44.5 Å². The minimum absolute atomic E-state index is 0.151. The van der Waals surface area contributed by atoms with Crippen LogP contribution >= 0.6 is 0 Å². The highest BCUT2D eigenvalue weighted by Gasteiger charge is 2.68. The number of rotatable bonds is 1. The lowest BCUT2D eigenvalue weighted by molar-refractivity contribution is -0.182. The Hall–Kier alpha value is -0.810. The third-order valence-electron chi connectivity index (χ3n) is 4.86. The van der Waals surface area contributed by atoms with Crippen molar-refractivity contribution in [3.63, 3.8) is 0 Å². The molecule has 1 amide bonds. The van der Waals surface area contributed by atoms with Gasteiger partial charge < -0.3 is 15.2 Å². The molecule has 5 nitrogen and oxygen atoms in total. The lowest BCUT2D eigenvalue weighted by Crippen LogP contribution is -2.70. The highest BCUT2D eigenvalue weighted by molar-refractivity contribution is 5.73. The molecule has 0 aromatic heterocycles. The number of carbonyl (C=O) groups excluding carboxylic acids is 1. The number of carbonyl (C=O) groups is 1. The van der Waals surface area contributed by atoms with Gasteiger partial charge in [-0.3, -0.25) is 4.90 Å². The first-order valence-corrected chi connectivity index (χ1v) is 7.52. The number of piperidine rings is 1. The van der Waals surface area contributed by atoms with Crippen molar-refractivity contribution in [1.29, 1.82) is 0 Å². The SMILES string of the molecule is CC1(C)CC2(CC(C)(C)N1)OC(=O)N(C1CC1)[C@@]2(C)O. The van der Waals surface area contributed by atoms with Gasteiger partial charge in [0.15, 0.2) is 11.3 Å². The summed E-state index contributed by atoms with van der Waals surface area (Å²) >= 11 is 0. The molecule has 114 valence electrons. The van der Waals surface area contributed by atoms with Crippen molar-refractivity contribution in [2.24, 2.45) is 0 Å². The van der Waals surface area contributed by atoms with Gasteiger partial charge in [-0.05, 0) is 47.5 Å². The largest absolute Gasteiger partial charge is 0.437 e. The molecule has 2 aliphatic heterocycles. The van der Waals surface area contributed by atoms with Crippen molar-refractivity contribution in [2.45, 2.75) is 88.7 Å². The van der Waals surface area contributed by atoms with Crippen LogP contribution < -0.4 is 5.32 Å². The molecule has 0 unspecified atom stereocenters. The van der Waals surface area contributed by atoms with Crippen molar-refractivity contribution in [2.75, 3.05) is 0 Å². The minimum Gasteiger partial charge on any atom is -0.437 e. The third-order valence-corrected chi connectivity index (χ3v) is 4.86. The zero-order valence-electron chi connectivity index (χ0n) is 13.1. The molecule has 0 radical (unpaired) electrons. The van der Waals surface area contributed by atoms with Gasteiger partial charge in [0.25, 0.3) is 0 Å². The second-order valence-electron chi connectivity index (χ2n) is 8.23. The lowest BCUT2D eigenvalue weighted by atomic mass is 9.68. The van der Waals surface area contributed by atoms with E-state index in [4.69, 9.17) is 4.74 Å². The van der Waals surface area contributed by atoms with Crippen LogP contribution in [0.1, 0.15) is 60.3 Å². The fraction of sp³-hybridized carbons (Fsp3) is 0.933. The van der Waals surface area contributed by atoms with Crippen molar-refractivity contribution in [1.82, 2.24) is 10.2 Å². The number of nitrogens with one attached hydrogen (secondary N) is 1. The summed E-state index contributed by atoms with van der Waals surface area (Å²) < 4.78 is 5.79. The van der Waals surface area contributed by atoms with Crippen LogP contribution in [0.2, 0.25) is 0 Å². The van der Waals surface area contributed by atoms with Crippen molar-refractivity contribution in [3.8, 4) is 0 Å². The Morgan fingerprint density at radius 1 is 1.15 bits per heavy atom. The van der Waals surface area contributed by atoms with E-state index in [0.717, 1.165) is 12.8 Å². The average molecular weight is 282 g/mol. The quantitative estimate of drug-likeness (QED) is 0.772. The van der Waals surface area contributed by atoms with Gasteiger partial charge in [-0.2, -0.15) is 0 Å². The van der Waals surface area contributed by atoms with Gasteiger partial charge in [0, 0.05) is 30.0 Å². The minimum atomic E-state index is -1.23. The maximum absolute atomic E-state index is 12.3. The first kappa shape index (κ1) is 14.1. The molecule has 2 saturated heterocycles. The molecule has 20 heavy (non-hydrogen) atoms. The molecular weight excluding hydrogens is 256 g/mol. The van der Waals surface area contributed by atoms with E-state index in [1.54, 1.807) is 11.8 Å².